The van der Waals surface area contributed by atoms with Crippen molar-refractivity contribution >= 4 is 34.0 Å². The number of anilines is 1. The van der Waals surface area contributed by atoms with E-state index in [-0.39, 0.29) is 5.78 Å². The number of aromatic nitrogens is 1. The van der Waals surface area contributed by atoms with E-state index in [0.717, 1.165) is 53.8 Å². The molecule has 2 heterocycles. The molecule has 0 saturated carbocycles. The highest BCUT2D eigenvalue weighted by Crippen LogP contribution is 2.46. The Bertz CT molecular complexity index is 1260. The standard InChI is InChI=1S/C25H25ClN4O/c1-25(2)18-12-21(30-8-6-15(28-3)7-9-30)19(26)11-17(18)23(31)22-16-5-4-14(13-27)10-20(16)29-24(22)25/h4-5,10-12,15,28-29H,6-9H2,1-3H3. The third kappa shape index (κ3) is 2.97. The number of aromatic amines is 1. The maximum Gasteiger partial charge on any atom is 0.195 e. The summed E-state index contributed by atoms with van der Waals surface area (Å²) in [7, 11) is 2.01. The van der Waals surface area contributed by atoms with Gasteiger partial charge in [0.2, 0.25) is 0 Å². The summed E-state index contributed by atoms with van der Waals surface area (Å²) in [6.45, 7) is 6.16. The summed E-state index contributed by atoms with van der Waals surface area (Å²) in [6.07, 6.45) is 2.14. The summed E-state index contributed by atoms with van der Waals surface area (Å²) < 4.78 is 0. The third-order valence-corrected chi connectivity index (χ3v) is 7.33. The number of piperidine rings is 1. The lowest BCUT2D eigenvalue weighted by Gasteiger charge is -2.37. The van der Waals surface area contributed by atoms with E-state index in [1.807, 2.05) is 25.2 Å². The van der Waals surface area contributed by atoms with Gasteiger partial charge < -0.3 is 15.2 Å². The van der Waals surface area contributed by atoms with E-state index in [1.54, 1.807) is 6.07 Å². The van der Waals surface area contributed by atoms with E-state index < -0.39 is 5.41 Å². The number of rotatable bonds is 2. The predicted octanol–water partition coefficient (Wildman–Crippen LogP) is 4.75. The van der Waals surface area contributed by atoms with Crippen molar-refractivity contribution in [3.63, 3.8) is 0 Å². The van der Waals surface area contributed by atoms with Crippen molar-refractivity contribution in [1.29, 1.82) is 5.26 Å². The molecule has 5 rings (SSSR count). The normalized spacial score (nSPS) is 18.0. The maximum atomic E-state index is 13.6. The molecule has 2 aliphatic rings. The zero-order valence-corrected chi connectivity index (χ0v) is 18.7. The minimum absolute atomic E-state index is 0.0115. The maximum absolute atomic E-state index is 13.6. The van der Waals surface area contributed by atoms with Gasteiger partial charge in [-0.25, -0.2) is 0 Å². The van der Waals surface area contributed by atoms with Crippen molar-refractivity contribution < 1.29 is 4.79 Å². The second kappa shape index (κ2) is 7.12. The lowest BCUT2D eigenvalue weighted by Crippen LogP contribution is -2.41. The van der Waals surface area contributed by atoms with Crippen LogP contribution in [0.1, 0.15) is 59.4 Å². The molecule has 1 aliphatic heterocycles. The van der Waals surface area contributed by atoms with Gasteiger partial charge in [0.15, 0.2) is 5.78 Å². The highest BCUT2D eigenvalue weighted by Gasteiger charge is 2.40. The Hall–Kier alpha value is -2.81. The summed E-state index contributed by atoms with van der Waals surface area (Å²) in [4.78, 5) is 19.4. The van der Waals surface area contributed by atoms with E-state index >= 15 is 0 Å². The number of ketones is 1. The number of H-pyrrole nitrogens is 1. The summed E-state index contributed by atoms with van der Waals surface area (Å²) >= 11 is 6.73. The Balaban J connectivity index is 1.64. The molecule has 158 valence electrons. The van der Waals surface area contributed by atoms with Crippen LogP contribution in [0.25, 0.3) is 10.9 Å². The van der Waals surface area contributed by atoms with Crippen molar-refractivity contribution in [2.75, 3.05) is 25.0 Å². The van der Waals surface area contributed by atoms with Gasteiger partial charge in [-0.1, -0.05) is 31.5 Å². The van der Waals surface area contributed by atoms with Gasteiger partial charge in [0.25, 0.3) is 0 Å². The average Bonchev–Trinajstić information content (AvgIpc) is 3.17. The number of carbonyl (C=O) groups is 1. The monoisotopic (exact) mass is 432 g/mol. The second-order valence-electron chi connectivity index (χ2n) is 9.10. The Labute approximate surface area is 187 Å². The molecule has 6 heteroatoms. The summed E-state index contributed by atoms with van der Waals surface area (Å²) in [6, 6.07) is 12.1. The summed E-state index contributed by atoms with van der Waals surface area (Å²) in [5.41, 5.74) is 5.25. The van der Waals surface area contributed by atoms with E-state index in [1.165, 1.54) is 0 Å². The van der Waals surface area contributed by atoms with Crippen molar-refractivity contribution in [2.24, 2.45) is 0 Å². The number of nitrogens with zero attached hydrogens (tertiary/aromatic N) is 2. The summed E-state index contributed by atoms with van der Waals surface area (Å²) in [5.74, 6) is -0.0115. The molecule has 1 aromatic heterocycles. The van der Waals surface area contributed by atoms with Gasteiger partial charge in [0, 0.05) is 46.7 Å². The van der Waals surface area contributed by atoms with Crippen molar-refractivity contribution in [1.82, 2.24) is 10.3 Å². The van der Waals surface area contributed by atoms with Gasteiger partial charge >= 0.3 is 0 Å². The van der Waals surface area contributed by atoms with Crippen LogP contribution in [-0.4, -0.2) is 36.9 Å². The number of nitriles is 1. The summed E-state index contributed by atoms with van der Waals surface area (Å²) in [5, 5.41) is 14.1. The Morgan fingerprint density at radius 1 is 1.23 bits per heavy atom. The quantitative estimate of drug-likeness (QED) is 0.612. The Kier molecular flexibility index (Phi) is 4.62. The van der Waals surface area contributed by atoms with E-state index in [9.17, 15) is 10.1 Å². The molecule has 0 amide bonds. The first kappa shape index (κ1) is 20.1. The molecule has 1 fully saturated rings. The lowest BCUT2D eigenvalue weighted by atomic mass is 9.71. The SMILES string of the molecule is CNC1CCN(c2cc3c(cc2Cl)C(=O)c2c([nH]c4cc(C#N)ccc24)C3(C)C)CC1. The van der Waals surface area contributed by atoms with Crippen LogP contribution in [0.5, 0.6) is 0 Å². The fourth-order valence-corrected chi connectivity index (χ4v) is 5.44. The minimum Gasteiger partial charge on any atom is -0.370 e. The van der Waals surface area contributed by atoms with Gasteiger partial charge in [-0.15, -0.1) is 0 Å². The zero-order valence-electron chi connectivity index (χ0n) is 18.0. The van der Waals surface area contributed by atoms with Gasteiger partial charge in [0.1, 0.15) is 0 Å². The number of nitrogens with one attached hydrogen (secondary N) is 2. The van der Waals surface area contributed by atoms with E-state index in [4.69, 9.17) is 11.6 Å². The molecule has 0 bridgehead atoms. The molecule has 2 N–H and O–H groups in total. The van der Waals surface area contributed by atoms with Crippen LogP contribution in [0.2, 0.25) is 5.02 Å². The predicted molar refractivity (Wildman–Crippen MR) is 124 cm³/mol. The molecular formula is C25H25ClN4O. The largest absolute Gasteiger partial charge is 0.370 e. The van der Waals surface area contributed by atoms with Gasteiger partial charge in [-0.3, -0.25) is 4.79 Å². The number of carbonyl (C=O) groups excluding carboxylic acids is 1. The number of benzene rings is 2. The first-order chi connectivity index (χ1) is 14.8. The zero-order chi connectivity index (χ0) is 21.9. The topological polar surface area (TPSA) is 71.9 Å². The third-order valence-electron chi connectivity index (χ3n) is 7.03. The second-order valence-corrected chi connectivity index (χ2v) is 9.51. The smallest absolute Gasteiger partial charge is 0.195 e. The molecule has 3 aromatic rings. The first-order valence-corrected chi connectivity index (χ1v) is 11.1. The van der Waals surface area contributed by atoms with E-state index in [2.05, 4.69) is 41.2 Å². The van der Waals surface area contributed by atoms with Crippen LogP contribution in [-0.2, 0) is 5.41 Å². The molecule has 0 spiro atoms. The number of fused-ring (bicyclic) bond motifs is 4. The molecule has 5 nitrogen and oxygen atoms in total. The molecule has 0 radical (unpaired) electrons. The van der Waals surface area contributed by atoms with Crippen LogP contribution in [0.4, 0.5) is 5.69 Å². The molecule has 0 unspecified atom stereocenters. The average molecular weight is 433 g/mol. The van der Waals surface area contributed by atoms with Gasteiger partial charge in [-0.2, -0.15) is 5.26 Å². The van der Waals surface area contributed by atoms with Crippen LogP contribution in [0.15, 0.2) is 30.3 Å². The Morgan fingerprint density at radius 3 is 2.65 bits per heavy atom. The Morgan fingerprint density at radius 2 is 1.97 bits per heavy atom. The molecule has 1 saturated heterocycles. The molecule has 0 atom stereocenters. The van der Waals surface area contributed by atoms with Crippen LogP contribution in [0, 0.1) is 11.3 Å². The van der Waals surface area contributed by atoms with Gasteiger partial charge in [-0.05, 0) is 49.7 Å². The van der Waals surface area contributed by atoms with E-state index in [0.29, 0.717) is 27.8 Å². The molecular weight excluding hydrogens is 408 g/mol. The number of hydrogen-bond donors (Lipinski definition) is 2. The highest BCUT2D eigenvalue weighted by atomic mass is 35.5. The molecule has 31 heavy (non-hydrogen) atoms. The number of hydrogen-bond acceptors (Lipinski definition) is 4. The highest BCUT2D eigenvalue weighted by molar-refractivity contribution is 6.34. The van der Waals surface area contributed by atoms with Crippen molar-refractivity contribution in [2.45, 2.75) is 38.1 Å². The lowest BCUT2D eigenvalue weighted by molar-refractivity contribution is 0.103. The fraction of sp³-hybridized carbons (Fsp3) is 0.360. The van der Waals surface area contributed by atoms with Gasteiger partial charge in [0.05, 0.1) is 27.9 Å². The first-order valence-electron chi connectivity index (χ1n) is 10.7. The van der Waals surface area contributed by atoms with Crippen molar-refractivity contribution in [3.8, 4) is 6.07 Å². The van der Waals surface area contributed by atoms with Crippen LogP contribution in [0.3, 0.4) is 0 Å². The fourth-order valence-electron chi connectivity index (χ4n) is 5.16. The van der Waals surface area contributed by atoms with Crippen LogP contribution < -0.4 is 10.2 Å². The molecule has 2 aromatic carbocycles. The van der Waals surface area contributed by atoms with Crippen LogP contribution >= 0.6 is 11.6 Å². The van der Waals surface area contributed by atoms with Crippen molar-refractivity contribution in [3.05, 3.63) is 63.3 Å². The number of halogens is 1. The molecule has 1 aliphatic carbocycles. The minimum atomic E-state index is -0.396.